The van der Waals surface area contributed by atoms with Crippen LogP contribution in [-0.4, -0.2) is 31.4 Å². The Labute approximate surface area is 170 Å². The third-order valence-electron chi connectivity index (χ3n) is 4.57. The number of nitrogens with one attached hydrogen (secondary N) is 2. The van der Waals surface area contributed by atoms with Gasteiger partial charge in [0.05, 0.1) is 16.6 Å². The highest BCUT2D eigenvalue weighted by Gasteiger charge is 2.18. The number of benzene rings is 2. The SMILES string of the molecule is CCn1nc(C(=O)NNC(=O)c2ccccc2-n2cccn2)c2ccccc2c1=O. The van der Waals surface area contributed by atoms with Crippen molar-refractivity contribution < 1.29 is 9.59 Å². The van der Waals surface area contributed by atoms with Gasteiger partial charge in [0.2, 0.25) is 0 Å². The van der Waals surface area contributed by atoms with Crippen LogP contribution in [0.4, 0.5) is 0 Å². The first-order valence-corrected chi connectivity index (χ1v) is 9.29. The number of nitrogens with zero attached hydrogens (tertiary/aromatic N) is 4. The molecule has 0 bridgehead atoms. The van der Waals surface area contributed by atoms with Crippen LogP contribution in [0.3, 0.4) is 0 Å². The van der Waals surface area contributed by atoms with E-state index >= 15 is 0 Å². The second-order valence-electron chi connectivity index (χ2n) is 6.39. The Bertz CT molecular complexity index is 1290. The van der Waals surface area contributed by atoms with Crippen molar-refractivity contribution in [2.75, 3.05) is 0 Å². The third kappa shape index (κ3) is 3.44. The fourth-order valence-electron chi connectivity index (χ4n) is 3.13. The monoisotopic (exact) mass is 402 g/mol. The predicted molar refractivity (Wildman–Crippen MR) is 110 cm³/mol. The fourth-order valence-corrected chi connectivity index (χ4v) is 3.13. The van der Waals surface area contributed by atoms with E-state index in [-0.39, 0.29) is 11.3 Å². The topological polar surface area (TPSA) is 111 Å². The number of amides is 2. The molecule has 4 aromatic rings. The minimum Gasteiger partial charge on any atom is -0.267 e. The smallest absolute Gasteiger partial charge is 0.267 e. The minimum atomic E-state index is -0.627. The van der Waals surface area contributed by atoms with Crippen molar-refractivity contribution in [1.82, 2.24) is 30.4 Å². The van der Waals surface area contributed by atoms with Gasteiger partial charge in [0, 0.05) is 24.3 Å². The second-order valence-corrected chi connectivity index (χ2v) is 6.39. The molecule has 0 saturated heterocycles. The highest BCUT2D eigenvalue weighted by Crippen LogP contribution is 2.14. The van der Waals surface area contributed by atoms with E-state index in [2.05, 4.69) is 21.0 Å². The number of para-hydroxylation sites is 1. The standard InChI is InChI=1S/C21H18N6O3/c1-2-26-21(30)15-9-4-3-8-14(15)18(25-26)20(29)24-23-19(28)16-10-5-6-11-17(16)27-13-7-12-22-27/h3-13H,2H2,1H3,(H,23,28)(H,24,29). The number of aryl methyl sites for hydroxylation is 1. The summed E-state index contributed by atoms with van der Waals surface area (Å²) >= 11 is 0. The van der Waals surface area contributed by atoms with E-state index in [1.165, 1.54) is 4.68 Å². The molecule has 2 aromatic heterocycles. The second kappa shape index (κ2) is 8.00. The summed E-state index contributed by atoms with van der Waals surface area (Å²) in [7, 11) is 0. The van der Waals surface area contributed by atoms with Crippen molar-refractivity contribution in [3.05, 3.63) is 88.6 Å². The van der Waals surface area contributed by atoms with Crippen molar-refractivity contribution in [2.24, 2.45) is 0 Å². The quantitative estimate of drug-likeness (QED) is 0.505. The van der Waals surface area contributed by atoms with Crippen LogP contribution < -0.4 is 16.4 Å². The average molecular weight is 402 g/mol. The van der Waals surface area contributed by atoms with Gasteiger partial charge in [-0.25, -0.2) is 9.36 Å². The largest absolute Gasteiger partial charge is 0.290 e. The van der Waals surface area contributed by atoms with Gasteiger partial charge in [-0.3, -0.25) is 25.2 Å². The normalized spacial score (nSPS) is 10.7. The highest BCUT2D eigenvalue weighted by atomic mass is 16.2. The highest BCUT2D eigenvalue weighted by molar-refractivity contribution is 6.06. The molecule has 2 aromatic carbocycles. The number of carbonyl (C=O) groups excluding carboxylic acids is 2. The van der Waals surface area contributed by atoms with Crippen molar-refractivity contribution in [2.45, 2.75) is 13.5 Å². The number of carbonyl (C=O) groups is 2. The molecule has 0 radical (unpaired) electrons. The Balaban J connectivity index is 1.60. The maximum atomic E-state index is 12.8. The molecule has 9 nitrogen and oxygen atoms in total. The van der Waals surface area contributed by atoms with E-state index in [1.807, 2.05) is 0 Å². The molecule has 0 saturated carbocycles. The number of hydrazine groups is 1. The number of rotatable bonds is 4. The summed E-state index contributed by atoms with van der Waals surface area (Å²) < 4.78 is 2.77. The van der Waals surface area contributed by atoms with E-state index in [9.17, 15) is 14.4 Å². The van der Waals surface area contributed by atoms with Gasteiger partial charge in [0.25, 0.3) is 17.4 Å². The van der Waals surface area contributed by atoms with Gasteiger partial charge < -0.3 is 0 Å². The van der Waals surface area contributed by atoms with E-state index in [1.54, 1.807) is 78.6 Å². The molecule has 150 valence electrons. The van der Waals surface area contributed by atoms with Gasteiger partial charge in [-0.2, -0.15) is 10.2 Å². The summed E-state index contributed by atoms with van der Waals surface area (Å²) in [4.78, 5) is 37.9. The first-order valence-electron chi connectivity index (χ1n) is 9.29. The number of hydrogen-bond donors (Lipinski definition) is 2. The summed E-state index contributed by atoms with van der Waals surface area (Å²) in [5, 5.41) is 9.09. The summed E-state index contributed by atoms with van der Waals surface area (Å²) in [6.45, 7) is 2.08. The summed E-state index contributed by atoms with van der Waals surface area (Å²) in [6.07, 6.45) is 3.32. The lowest BCUT2D eigenvalue weighted by Crippen LogP contribution is -2.43. The molecule has 0 aliphatic rings. The number of fused-ring (bicyclic) bond motifs is 1. The Morgan fingerprint density at radius 1 is 0.933 bits per heavy atom. The molecule has 0 atom stereocenters. The molecule has 2 N–H and O–H groups in total. The summed E-state index contributed by atoms with van der Waals surface area (Å²) in [6, 6.07) is 15.4. The molecule has 2 amide bonds. The number of aromatic nitrogens is 4. The zero-order chi connectivity index (χ0) is 21.1. The lowest BCUT2D eigenvalue weighted by Gasteiger charge is -2.12. The molecule has 9 heteroatoms. The molecule has 0 unspecified atom stereocenters. The van der Waals surface area contributed by atoms with Gasteiger partial charge in [0.1, 0.15) is 0 Å². The van der Waals surface area contributed by atoms with Crippen LogP contribution in [0.1, 0.15) is 27.8 Å². The van der Waals surface area contributed by atoms with Gasteiger partial charge in [-0.15, -0.1) is 0 Å². The Morgan fingerprint density at radius 3 is 2.37 bits per heavy atom. The van der Waals surface area contributed by atoms with Crippen molar-refractivity contribution in [3.63, 3.8) is 0 Å². The zero-order valence-electron chi connectivity index (χ0n) is 16.1. The maximum absolute atomic E-state index is 12.8. The summed E-state index contributed by atoms with van der Waals surface area (Å²) in [5.41, 5.74) is 5.47. The maximum Gasteiger partial charge on any atom is 0.290 e. The molecular formula is C21H18N6O3. The Kier molecular flexibility index (Phi) is 5.08. The molecule has 0 aliphatic carbocycles. The first kappa shape index (κ1) is 19.1. The molecule has 4 rings (SSSR count). The fraction of sp³-hybridized carbons (Fsp3) is 0.0952. The molecule has 2 heterocycles. The molecule has 0 fully saturated rings. The third-order valence-corrected chi connectivity index (χ3v) is 4.57. The lowest BCUT2D eigenvalue weighted by molar-refractivity contribution is 0.0843. The van der Waals surface area contributed by atoms with E-state index in [0.717, 1.165) is 0 Å². The van der Waals surface area contributed by atoms with Crippen LogP contribution in [0.2, 0.25) is 0 Å². The predicted octanol–water partition coefficient (Wildman–Crippen LogP) is 1.68. The minimum absolute atomic E-state index is 0.0488. The van der Waals surface area contributed by atoms with Crippen LogP contribution in [-0.2, 0) is 6.54 Å². The van der Waals surface area contributed by atoms with Crippen molar-refractivity contribution in [1.29, 1.82) is 0 Å². The van der Waals surface area contributed by atoms with E-state index < -0.39 is 11.8 Å². The lowest BCUT2D eigenvalue weighted by atomic mass is 10.1. The molecule has 0 aliphatic heterocycles. The van der Waals surface area contributed by atoms with Gasteiger partial charge >= 0.3 is 0 Å². The first-order chi connectivity index (χ1) is 14.6. The number of hydrogen-bond acceptors (Lipinski definition) is 5. The van der Waals surface area contributed by atoms with Gasteiger partial charge in [-0.1, -0.05) is 30.3 Å². The Hall–Kier alpha value is -4.27. The molecule has 30 heavy (non-hydrogen) atoms. The van der Waals surface area contributed by atoms with Crippen LogP contribution >= 0.6 is 0 Å². The molecule has 0 spiro atoms. The van der Waals surface area contributed by atoms with Crippen LogP contribution in [0.5, 0.6) is 0 Å². The Morgan fingerprint density at radius 2 is 1.63 bits per heavy atom. The van der Waals surface area contributed by atoms with Crippen LogP contribution in [0.25, 0.3) is 16.5 Å². The van der Waals surface area contributed by atoms with Crippen LogP contribution in [0.15, 0.2) is 71.8 Å². The average Bonchev–Trinajstić information content (AvgIpc) is 3.32. The zero-order valence-corrected chi connectivity index (χ0v) is 16.1. The molecular weight excluding hydrogens is 384 g/mol. The van der Waals surface area contributed by atoms with E-state index in [0.29, 0.717) is 28.6 Å². The van der Waals surface area contributed by atoms with Gasteiger partial charge in [-0.05, 0) is 31.2 Å². The van der Waals surface area contributed by atoms with Crippen molar-refractivity contribution in [3.8, 4) is 5.69 Å². The summed E-state index contributed by atoms with van der Waals surface area (Å²) in [5.74, 6) is -1.14. The van der Waals surface area contributed by atoms with E-state index in [4.69, 9.17) is 0 Å². The van der Waals surface area contributed by atoms with Gasteiger partial charge in [0.15, 0.2) is 5.69 Å². The van der Waals surface area contributed by atoms with Crippen LogP contribution in [0, 0.1) is 0 Å². The van der Waals surface area contributed by atoms with Crippen molar-refractivity contribution >= 4 is 22.6 Å².